The number of piperazine rings is 1. The first-order chi connectivity index (χ1) is 13.8. The molecule has 1 N–H and O–H groups in total. The second-order valence-corrected chi connectivity index (χ2v) is 9.25. The topological polar surface area (TPSA) is 71.4 Å². The van der Waals surface area contributed by atoms with Crippen LogP contribution in [0.3, 0.4) is 0 Å². The van der Waals surface area contributed by atoms with Gasteiger partial charge >= 0.3 is 0 Å². The molecule has 1 fully saturated rings. The maximum Gasteiger partial charge on any atom is 0.285 e. The van der Waals surface area contributed by atoms with Crippen molar-refractivity contribution in [2.45, 2.75) is 10.9 Å². The highest BCUT2D eigenvalue weighted by Crippen LogP contribution is 2.20. The summed E-state index contributed by atoms with van der Waals surface area (Å²) in [5.74, 6) is 0.642. The second kappa shape index (κ2) is 8.94. The average Bonchev–Trinajstić information content (AvgIpc) is 2.75. The molecule has 1 atom stereocenters. The Morgan fingerprint density at radius 2 is 1.62 bits per heavy atom. The van der Waals surface area contributed by atoms with Crippen LogP contribution in [0.5, 0.6) is 5.75 Å². The Morgan fingerprint density at radius 3 is 2.14 bits per heavy atom. The number of amides is 1. The summed E-state index contributed by atoms with van der Waals surface area (Å²) in [4.78, 5) is 15.8. The van der Waals surface area contributed by atoms with E-state index in [1.165, 1.54) is 4.31 Å². The van der Waals surface area contributed by atoms with Gasteiger partial charge in [0.25, 0.3) is 5.91 Å². The van der Waals surface area contributed by atoms with Crippen molar-refractivity contribution in [2.24, 2.45) is 0 Å². The molecule has 1 heterocycles. The average molecular weight is 419 g/mol. The molecule has 2 aromatic carbocycles. The van der Waals surface area contributed by atoms with E-state index < -0.39 is 10.0 Å². The Hall–Kier alpha value is -2.42. The number of ether oxygens (including phenoxy) is 1. The molecule has 0 radical (unpaired) electrons. The molecule has 156 valence electrons. The molecule has 1 amide bonds. The number of carbonyl (C=O) groups is 1. The Balaban J connectivity index is 1.76. The van der Waals surface area contributed by atoms with Crippen LogP contribution >= 0.6 is 0 Å². The van der Waals surface area contributed by atoms with Gasteiger partial charge in [0.1, 0.15) is 5.75 Å². The molecule has 0 aliphatic carbocycles. The van der Waals surface area contributed by atoms with Crippen LogP contribution in [0.25, 0.3) is 0 Å². The number of hydrogen-bond acceptors (Lipinski definition) is 4. The number of likely N-dealkylation sites (N-methyl/N-ethyl adjacent to an activating group) is 1. The molecule has 0 bridgehead atoms. The van der Waals surface area contributed by atoms with Gasteiger partial charge in [-0.1, -0.05) is 30.3 Å². The van der Waals surface area contributed by atoms with E-state index >= 15 is 0 Å². The Morgan fingerprint density at radius 1 is 1.03 bits per heavy atom. The van der Waals surface area contributed by atoms with E-state index in [1.54, 1.807) is 50.4 Å². The van der Waals surface area contributed by atoms with Gasteiger partial charge in [-0.15, -0.1) is 0 Å². The Bertz CT molecular complexity index is 922. The molecule has 0 aromatic heterocycles. The standard InChI is InChI=1S/C21H27N3O4S/c1-22(2)21(25)20(17-7-5-4-6-8-17)23-13-15-24(16-14-23)29(26,27)19-11-9-18(28-3)10-12-19/h4-12,20H,13-16H2,1-3H3/p+1/t20-/m0/s1. The lowest BCUT2D eigenvalue weighted by Crippen LogP contribution is -3.16. The van der Waals surface area contributed by atoms with E-state index in [0.717, 1.165) is 10.5 Å². The van der Waals surface area contributed by atoms with Gasteiger partial charge in [-0.3, -0.25) is 4.79 Å². The maximum absolute atomic E-state index is 13.0. The zero-order valence-electron chi connectivity index (χ0n) is 17.0. The van der Waals surface area contributed by atoms with Crippen LogP contribution in [-0.2, 0) is 14.8 Å². The zero-order chi connectivity index (χ0) is 21.0. The van der Waals surface area contributed by atoms with Gasteiger partial charge in [0.05, 0.1) is 38.2 Å². The largest absolute Gasteiger partial charge is 0.497 e. The van der Waals surface area contributed by atoms with Gasteiger partial charge in [-0.05, 0) is 24.3 Å². The van der Waals surface area contributed by atoms with Crippen molar-refractivity contribution in [3.05, 3.63) is 60.2 Å². The van der Waals surface area contributed by atoms with Crippen LogP contribution in [0.1, 0.15) is 11.6 Å². The lowest BCUT2D eigenvalue weighted by molar-refractivity contribution is -0.925. The minimum Gasteiger partial charge on any atom is -0.497 e. The van der Waals surface area contributed by atoms with Crippen LogP contribution < -0.4 is 9.64 Å². The molecule has 3 rings (SSSR count). The van der Waals surface area contributed by atoms with Crippen molar-refractivity contribution in [1.82, 2.24) is 9.21 Å². The Labute approximate surface area is 172 Å². The quantitative estimate of drug-likeness (QED) is 0.738. The molecule has 0 saturated carbocycles. The summed E-state index contributed by atoms with van der Waals surface area (Å²) in [5.41, 5.74) is 0.952. The number of hydrogen-bond donors (Lipinski definition) is 1. The van der Waals surface area contributed by atoms with Crippen molar-refractivity contribution < 1.29 is 22.8 Å². The van der Waals surface area contributed by atoms with Crippen molar-refractivity contribution in [3.8, 4) is 5.75 Å². The Kier molecular flexibility index (Phi) is 6.56. The fourth-order valence-electron chi connectivity index (χ4n) is 3.66. The molecule has 1 saturated heterocycles. The molecule has 1 aliphatic heterocycles. The highest BCUT2D eigenvalue weighted by molar-refractivity contribution is 7.89. The van der Waals surface area contributed by atoms with E-state index in [4.69, 9.17) is 4.74 Å². The van der Waals surface area contributed by atoms with E-state index in [-0.39, 0.29) is 16.8 Å². The van der Waals surface area contributed by atoms with Crippen LogP contribution in [0.2, 0.25) is 0 Å². The maximum atomic E-state index is 13.0. The summed E-state index contributed by atoms with van der Waals surface area (Å²) >= 11 is 0. The number of carbonyl (C=O) groups excluding carboxylic acids is 1. The first-order valence-corrected chi connectivity index (χ1v) is 11.0. The van der Waals surface area contributed by atoms with Gasteiger partial charge in [0.2, 0.25) is 10.0 Å². The third-order valence-corrected chi connectivity index (χ3v) is 7.20. The van der Waals surface area contributed by atoms with Gasteiger partial charge < -0.3 is 14.5 Å². The summed E-state index contributed by atoms with van der Waals surface area (Å²) in [6, 6.07) is 15.8. The molecule has 0 unspecified atom stereocenters. The SMILES string of the molecule is COc1ccc(S(=O)(=O)N2CC[NH+]([C@H](C(=O)N(C)C)c3ccccc3)CC2)cc1. The molecule has 7 nitrogen and oxygen atoms in total. The third-order valence-electron chi connectivity index (χ3n) is 5.29. The van der Waals surface area contributed by atoms with Crippen LogP contribution in [0.15, 0.2) is 59.5 Å². The molecule has 2 aromatic rings. The van der Waals surface area contributed by atoms with Crippen LogP contribution in [0.4, 0.5) is 0 Å². The predicted octanol–water partition coefficient (Wildman–Crippen LogP) is 0.414. The van der Waals surface area contributed by atoms with Crippen molar-refractivity contribution >= 4 is 15.9 Å². The lowest BCUT2D eigenvalue weighted by Gasteiger charge is -2.36. The van der Waals surface area contributed by atoms with Crippen LogP contribution in [0, 0.1) is 0 Å². The predicted molar refractivity (Wildman–Crippen MR) is 110 cm³/mol. The lowest BCUT2D eigenvalue weighted by atomic mass is 10.0. The van der Waals surface area contributed by atoms with E-state index in [1.807, 2.05) is 30.3 Å². The van der Waals surface area contributed by atoms with Gasteiger partial charge in [-0.2, -0.15) is 4.31 Å². The van der Waals surface area contributed by atoms with Gasteiger partial charge in [-0.25, -0.2) is 8.42 Å². The third kappa shape index (κ3) is 4.60. The molecule has 29 heavy (non-hydrogen) atoms. The molecular formula is C21H28N3O4S+. The molecule has 0 spiro atoms. The fourth-order valence-corrected chi connectivity index (χ4v) is 5.10. The number of benzene rings is 2. The number of rotatable bonds is 6. The van der Waals surface area contributed by atoms with Crippen molar-refractivity contribution in [1.29, 1.82) is 0 Å². The first-order valence-electron chi connectivity index (χ1n) is 9.59. The smallest absolute Gasteiger partial charge is 0.285 e. The highest BCUT2D eigenvalue weighted by atomic mass is 32.2. The number of quaternary nitrogens is 1. The minimum atomic E-state index is -3.57. The number of nitrogens with zero attached hydrogens (tertiary/aromatic N) is 2. The number of nitrogens with one attached hydrogen (secondary N) is 1. The summed E-state index contributed by atoms with van der Waals surface area (Å²) in [7, 11) is 1.48. The van der Waals surface area contributed by atoms with Crippen molar-refractivity contribution in [2.75, 3.05) is 47.4 Å². The van der Waals surface area contributed by atoms with Gasteiger partial charge in [0, 0.05) is 19.7 Å². The number of sulfonamides is 1. The second-order valence-electron chi connectivity index (χ2n) is 7.31. The van der Waals surface area contributed by atoms with E-state index in [0.29, 0.717) is 31.9 Å². The summed E-state index contributed by atoms with van der Waals surface area (Å²) in [6.07, 6.45) is 0. The molecular weight excluding hydrogens is 390 g/mol. The van der Waals surface area contributed by atoms with E-state index in [9.17, 15) is 13.2 Å². The molecule has 8 heteroatoms. The normalized spacial score (nSPS) is 16.9. The fraction of sp³-hybridized carbons (Fsp3) is 0.381. The van der Waals surface area contributed by atoms with Crippen molar-refractivity contribution in [3.63, 3.8) is 0 Å². The van der Waals surface area contributed by atoms with E-state index in [2.05, 4.69) is 0 Å². The minimum absolute atomic E-state index is 0.0256. The van der Waals surface area contributed by atoms with Gasteiger partial charge in [0.15, 0.2) is 6.04 Å². The summed E-state index contributed by atoms with van der Waals surface area (Å²) < 4.78 is 32.6. The first kappa shape index (κ1) is 21.3. The summed E-state index contributed by atoms with van der Waals surface area (Å²) in [5, 5.41) is 0. The molecule has 1 aliphatic rings. The zero-order valence-corrected chi connectivity index (χ0v) is 17.9. The van der Waals surface area contributed by atoms with Crippen LogP contribution in [-0.4, -0.2) is 70.9 Å². The monoisotopic (exact) mass is 418 g/mol. The highest BCUT2D eigenvalue weighted by Gasteiger charge is 2.38. The number of methoxy groups -OCH3 is 1. The summed E-state index contributed by atoms with van der Waals surface area (Å²) in [6.45, 7) is 1.87.